The largest absolute Gasteiger partial charge is 0.497 e. The van der Waals surface area contributed by atoms with E-state index in [1.165, 1.54) is 24.3 Å². The minimum Gasteiger partial charge on any atom is -0.497 e. The van der Waals surface area contributed by atoms with Crippen molar-refractivity contribution >= 4 is 44.6 Å². The molecule has 1 heterocycles. The van der Waals surface area contributed by atoms with Gasteiger partial charge in [-0.2, -0.15) is 4.98 Å². The van der Waals surface area contributed by atoms with Crippen molar-refractivity contribution in [3.63, 3.8) is 0 Å². The molecule has 31 heavy (non-hydrogen) atoms. The highest BCUT2D eigenvalue weighted by atomic mass is 35.5. The summed E-state index contributed by atoms with van der Waals surface area (Å²) in [6.07, 6.45) is 0. The molecule has 1 aromatic heterocycles. The zero-order valence-electron chi connectivity index (χ0n) is 16.2. The molecule has 0 radical (unpaired) electrons. The van der Waals surface area contributed by atoms with Gasteiger partial charge in [-0.15, -0.1) is 0 Å². The van der Waals surface area contributed by atoms with Crippen LogP contribution in [0.15, 0.2) is 87.1 Å². The predicted molar refractivity (Wildman–Crippen MR) is 120 cm³/mol. The number of anilines is 2. The Morgan fingerprint density at radius 2 is 1.45 bits per heavy atom. The normalized spacial score (nSPS) is 11.3. The number of halogens is 2. The molecule has 0 spiro atoms. The average Bonchev–Trinajstić information content (AvgIpc) is 3.20. The van der Waals surface area contributed by atoms with Crippen LogP contribution < -0.4 is 10.1 Å². The molecule has 0 aliphatic rings. The maximum atomic E-state index is 13.3. The second-order valence-corrected chi connectivity index (χ2v) is 9.21. The Labute approximate surface area is 189 Å². The minimum atomic E-state index is -3.99. The quantitative estimate of drug-likeness (QED) is 0.356. The van der Waals surface area contributed by atoms with Gasteiger partial charge < -0.3 is 14.5 Å². The number of nitrogens with one attached hydrogen (secondary N) is 1. The van der Waals surface area contributed by atoms with Gasteiger partial charge in [-0.1, -0.05) is 23.2 Å². The summed E-state index contributed by atoms with van der Waals surface area (Å²) in [5.41, 5.74) is 1.19. The van der Waals surface area contributed by atoms with Crippen LogP contribution in [0.2, 0.25) is 10.0 Å². The number of oxazole rings is 1. The molecule has 6 nitrogen and oxygen atoms in total. The third kappa shape index (κ3) is 4.54. The summed E-state index contributed by atoms with van der Waals surface area (Å²) >= 11 is 11.8. The predicted octanol–water partition coefficient (Wildman–Crippen LogP) is 6.23. The van der Waals surface area contributed by atoms with Gasteiger partial charge in [-0.05, 0) is 72.8 Å². The minimum absolute atomic E-state index is 0.0110. The first-order chi connectivity index (χ1) is 14.9. The van der Waals surface area contributed by atoms with Crippen molar-refractivity contribution in [3.8, 4) is 17.2 Å². The van der Waals surface area contributed by atoms with Crippen LogP contribution in [-0.2, 0) is 9.84 Å². The number of rotatable bonds is 6. The van der Waals surface area contributed by atoms with Gasteiger partial charge in [-0.3, -0.25) is 0 Å². The fourth-order valence-electron chi connectivity index (χ4n) is 2.81. The Hall–Kier alpha value is -3.00. The lowest BCUT2D eigenvalue weighted by Crippen LogP contribution is -2.05. The van der Waals surface area contributed by atoms with Crippen molar-refractivity contribution in [2.45, 2.75) is 9.92 Å². The van der Waals surface area contributed by atoms with Crippen molar-refractivity contribution in [2.75, 3.05) is 12.4 Å². The van der Waals surface area contributed by atoms with Gasteiger partial charge in [-0.25, -0.2) is 8.42 Å². The first-order valence-electron chi connectivity index (χ1n) is 9.05. The van der Waals surface area contributed by atoms with Gasteiger partial charge in [0.25, 0.3) is 0 Å². The van der Waals surface area contributed by atoms with Gasteiger partial charge in [0.1, 0.15) is 5.75 Å². The number of hydrogen-bond acceptors (Lipinski definition) is 6. The Bertz CT molecular complexity index is 1300. The lowest BCUT2D eigenvalue weighted by molar-refractivity contribution is 0.415. The smallest absolute Gasteiger partial charge is 0.238 e. The lowest BCUT2D eigenvalue weighted by atomic mass is 10.2. The van der Waals surface area contributed by atoms with Crippen LogP contribution in [0.5, 0.6) is 5.75 Å². The van der Waals surface area contributed by atoms with Gasteiger partial charge >= 0.3 is 0 Å². The van der Waals surface area contributed by atoms with Crippen LogP contribution in [0.4, 0.5) is 11.6 Å². The molecule has 0 bridgehead atoms. The molecule has 0 unspecified atom stereocenters. The third-order valence-corrected chi connectivity index (χ3v) is 6.60. The van der Waals surface area contributed by atoms with Crippen molar-refractivity contribution in [2.24, 2.45) is 0 Å². The first kappa shape index (κ1) is 21.2. The first-order valence-corrected chi connectivity index (χ1v) is 11.3. The number of ether oxygens (including phenoxy) is 1. The van der Waals surface area contributed by atoms with E-state index in [4.69, 9.17) is 32.4 Å². The molecule has 0 atom stereocenters. The SMILES string of the molecule is COc1ccc(-c2nc(S(=O)(=O)c3ccc(Cl)cc3)c(Nc3ccc(Cl)cc3)o2)cc1. The Morgan fingerprint density at radius 3 is 2.03 bits per heavy atom. The molecule has 4 rings (SSSR count). The number of benzene rings is 3. The maximum Gasteiger partial charge on any atom is 0.238 e. The van der Waals surface area contributed by atoms with Gasteiger partial charge in [0, 0.05) is 21.3 Å². The lowest BCUT2D eigenvalue weighted by Gasteiger charge is -2.06. The summed E-state index contributed by atoms with van der Waals surface area (Å²) in [5.74, 6) is 0.790. The number of nitrogens with zero attached hydrogens (tertiary/aromatic N) is 1. The molecular weight excluding hydrogens is 459 g/mol. The summed E-state index contributed by atoms with van der Waals surface area (Å²) in [6.45, 7) is 0. The van der Waals surface area contributed by atoms with E-state index >= 15 is 0 Å². The fourth-order valence-corrected chi connectivity index (χ4v) is 4.32. The summed E-state index contributed by atoms with van der Waals surface area (Å²) in [4.78, 5) is 4.35. The average molecular weight is 475 g/mol. The number of sulfone groups is 1. The van der Waals surface area contributed by atoms with E-state index in [1.54, 1.807) is 55.6 Å². The van der Waals surface area contributed by atoms with Crippen LogP contribution in [0.3, 0.4) is 0 Å². The zero-order valence-corrected chi connectivity index (χ0v) is 18.5. The molecule has 9 heteroatoms. The topological polar surface area (TPSA) is 81.4 Å². The monoisotopic (exact) mass is 474 g/mol. The number of aromatic nitrogens is 1. The van der Waals surface area contributed by atoms with Crippen LogP contribution in [0, 0.1) is 0 Å². The van der Waals surface area contributed by atoms with Crippen LogP contribution in [0.1, 0.15) is 0 Å². The summed E-state index contributed by atoms with van der Waals surface area (Å²) in [5, 5.41) is 3.72. The Morgan fingerprint density at radius 1 is 0.871 bits per heavy atom. The highest BCUT2D eigenvalue weighted by molar-refractivity contribution is 7.91. The highest BCUT2D eigenvalue weighted by Gasteiger charge is 2.28. The molecule has 0 aliphatic carbocycles. The summed E-state index contributed by atoms with van der Waals surface area (Å²) in [7, 11) is -2.43. The van der Waals surface area contributed by atoms with Crippen molar-refractivity contribution in [1.29, 1.82) is 0 Å². The fraction of sp³-hybridized carbons (Fsp3) is 0.0455. The van der Waals surface area contributed by atoms with E-state index in [1.807, 2.05) is 0 Å². The second kappa shape index (κ2) is 8.63. The van der Waals surface area contributed by atoms with E-state index < -0.39 is 9.84 Å². The summed E-state index contributed by atoms with van der Waals surface area (Å²) < 4.78 is 37.6. The Kier molecular flexibility index (Phi) is 5.91. The van der Waals surface area contributed by atoms with Crippen molar-refractivity contribution in [3.05, 3.63) is 82.8 Å². The molecular formula is C22H16Cl2N2O4S. The Balaban J connectivity index is 1.81. The van der Waals surface area contributed by atoms with Crippen LogP contribution in [-0.4, -0.2) is 20.5 Å². The van der Waals surface area contributed by atoms with E-state index in [-0.39, 0.29) is 21.7 Å². The standard InChI is InChI=1S/C22H16Cl2N2O4S/c1-29-18-10-2-14(3-11-18)20-26-22(31(27,28)19-12-6-16(24)7-13-19)21(30-20)25-17-8-4-15(23)5-9-17/h2-13,25H,1H3. The van der Waals surface area contributed by atoms with E-state index in [0.29, 0.717) is 27.0 Å². The maximum absolute atomic E-state index is 13.3. The third-order valence-electron chi connectivity index (χ3n) is 4.41. The van der Waals surface area contributed by atoms with Gasteiger partial charge in [0.05, 0.1) is 12.0 Å². The molecule has 0 aliphatic heterocycles. The molecule has 1 N–H and O–H groups in total. The van der Waals surface area contributed by atoms with E-state index in [0.717, 1.165) is 0 Å². The molecule has 0 saturated carbocycles. The molecule has 4 aromatic rings. The van der Waals surface area contributed by atoms with Crippen LogP contribution >= 0.6 is 23.2 Å². The number of hydrogen-bond donors (Lipinski definition) is 1. The molecule has 158 valence electrons. The van der Waals surface area contributed by atoms with Crippen LogP contribution in [0.25, 0.3) is 11.5 Å². The number of methoxy groups -OCH3 is 1. The molecule has 0 fully saturated rings. The zero-order chi connectivity index (χ0) is 22.0. The van der Waals surface area contributed by atoms with Crippen molar-refractivity contribution < 1.29 is 17.6 Å². The highest BCUT2D eigenvalue weighted by Crippen LogP contribution is 2.35. The second-order valence-electron chi connectivity index (χ2n) is 6.47. The molecule has 3 aromatic carbocycles. The molecule has 0 saturated heterocycles. The van der Waals surface area contributed by atoms with Gasteiger partial charge in [0.2, 0.25) is 26.6 Å². The molecule has 0 amide bonds. The van der Waals surface area contributed by atoms with E-state index in [9.17, 15) is 8.42 Å². The van der Waals surface area contributed by atoms with Gasteiger partial charge in [0.15, 0.2) is 0 Å². The van der Waals surface area contributed by atoms with E-state index in [2.05, 4.69) is 10.3 Å². The summed E-state index contributed by atoms with van der Waals surface area (Å²) in [6, 6.07) is 19.6. The van der Waals surface area contributed by atoms with Crippen molar-refractivity contribution in [1.82, 2.24) is 4.98 Å².